The van der Waals surface area contributed by atoms with Gasteiger partial charge >= 0.3 is 0 Å². The molecule has 3 atom stereocenters. The van der Waals surface area contributed by atoms with Crippen LogP contribution < -0.4 is 5.56 Å². The molecular formula is C19H26N6O2. The van der Waals surface area contributed by atoms with E-state index in [1.165, 1.54) is 0 Å². The molecule has 1 aliphatic rings. The molecule has 0 aliphatic carbocycles. The van der Waals surface area contributed by atoms with Gasteiger partial charge in [-0.2, -0.15) is 0 Å². The highest BCUT2D eigenvalue weighted by Gasteiger charge is 2.33. The third-order valence-corrected chi connectivity index (χ3v) is 4.90. The summed E-state index contributed by atoms with van der Waals surface area (Å²) in [5, 5.41) is 0. The topological polar surface area (TPSA) is 90.6 Å². The lowest BCUT2D eigenvalue weighted by Gasteiger charge is -2.14. The van der Waals surface area contributed by atoms with Gasteiger partial charge in [0.2, 0.25) is 0 Å². The maximum atomic E-state index is 12.3. The Bertz CT molecular complexity index is 929. The van der Waals surface area contributed by atoms with E-state index in [4.69, 9.17) is 4.74 Å². The van der Waals surface area contributed by atoms with Crippen LogP contribution in [-0.4, -0.2) is 35.2 Å². The predicted octanol–water partition coefficient (Wildman–Crippen LogP) is 2.69. The molecule has 0 aromatic carbocycles. The van der Waals surface area contributed by atoms with Gasteiger partial charge < -0.3 is 14.3 Å². The highest BCUT2D eigenvalue weighted by Crippen LogP contribution is 2.35. The van der Waals surface area contributed by atoms with Crippen LogP contribution in [0.25, 0.3) is 11.2 Å². The number of fused-ring (bicyclic) bond motifs is 1. The van der Waals surface area contributed by atoms with Crippen molar-refractivity contribution in [2.45, 2.75) is 52.0 Å². The van der Waals surface area contributed by atoms with E-state index in [0.717, 1.165) is 12.8 Å². The first-order valence-corrected chi connectivity index (χ1v) is 9.22. The Morgan fingerprint density at radius 2 is 2.19 bits per heavy atom. The summed E-state index contributed by atoms with van der Waals surface area (Å²) >= 11 is 0. The van der Waals surface area contributed by atoms with E-state index in [1.807, 2.05) is 15.3 Å². The number of rotatable bonds is 5. The number of hydrogen-bond donors (Lipinski definition) is 1. The summed E-state index contributed by atoms with van der Waals surface area (Å²) in [7, 11) is 0. The molecule has 1 N–H and O–H groups in total. The first-order chi connectivity index (χ1) is 13.2. The SMILES string of the molecule is C=C.CCC1OC(n2cnc3c(=O)[nH]c(CCn4ccnc4)nc32)CC1C. The molecule has 0 amide bonds. The van der Waals surface area contributed by atoms with Crippen LogP contribution in [0.1, 0.15) is 38.7 Å². The average Bonchev–Trinajstić information content (AvgIpc) is 3.41. The van der Waals surface area contributed by atoms with Crippen LogP contribution in [0.3, 0.4) is 0 Å². The fourth-order valence-electron chi connectivity index (χ4n) is 3.49. The van der Waals surface area contributed by atoms with Crippen molar-refractivity contribution in [1.82, 2.24) is 29.1 Å². The summed E-state index contributed by atoms with van der Waals surface area (Å²) in [5.74, 6) is 1.13. The van der Waals surface area contributed by atoms with Gasteiger partial charge in [-0.15, -0.1) is 13.2 Å². The van der Waals surface area contributed by atoms with Crippen molar-refractivity contribution in [2.24, 2.45) is 5.92 Å². The number of hydrogen-bond acceptors (Lipinski definition) is 5. The Kier molecular flexibility index (Phi) is 5.85. The minimum absolute atomic E-state index is 0.110. The van der Waals surface area contributed by atoms with Crippen LogP contribution in [-0.2, 0) is 17.7 Å². The molecular weight excluding hydrogens is 344 g/mol. The van der Waals surface area contributed by atoms with Gasteiger partial charge in [-0.3, -0.25) is 9.36 Å². The average molecular weight is 370 g/mol. The van der Waals surface area contributed by atoms with E-state index in [2.05, 4.69) is 46.9 Å². The zero-order chi connectivity index (χ0) is 19.4. The van der Waals surface area contributed by atoms with Gasteiger partial charge in [-0.25, -0.2) is 15.0 Å². The van der Waals surface area contributed by atoms with Crippen LogP contribution in [0.2, 0.25) is 0 Å². The second-order valence-corrected chi connectivity index (χ2v) is 6.64. The summed E-state index contributed by atoms with van der Waals surface area (Å²) in [6, 6.07) is 0. The number of aromatic amines is 1. The lowest BCUT2D eigenvalue weighted by Crippen LogP contribution is -2.16. The predicted molar refractivity (Wildman–Crippen MR) is 103 cm³/mol. The molecule has 3 aromatic heterocycles. The summed E-state index contributed by atoms with van der Waals surface area (Å²) in [4.78, 5) is 28.1. The van der Waals surface area contributed by atoms with E-state index >= 15 is 0 Å². The van der Waals surface area contributed by atoms with Crippen LogP contribution in [0, 0.1) is 5.92 Å². The van der Waals surface area contributed by atoms with E-state index < -0.39 is 0 Å². The minimum atomic E-state index is -0.206. The lowest BCUT2D eigenvalue weighted by atomic mass is 10.0. The third kappa shape index (κ3) is 3.85. The fraction of sp³-hybridized carbons (Fsp3) is 0.474. The molecule has 27 heavy (non-hydrogen) atoms. The molecule has 0 spiro atoms. The molecule has 0 radical (unpaired) electrons. The molecule has 1 fully saturated rings. The third-order valence-electron chi connectivity index (χ3n) is 4.90. The van der Waals surface area contributed by atoms with E-state index in [1.54, 1.807) is 18.9 Å². The monoisotopic (exact) mass is 370 g/mol. The van der Waals surface area contributed by atoms with Crippen molar-refractivity contribution in [2.75, 3.05) is 0 Å². The van der Waals surface area contributed by atoms with Crippen molar-refractivity contribution in [1.29, 1.82) is 0 Å². The van der Waals surface area contributed by atoms with Gasteiger partial charge in [0.25, 0.3) is 5.56 Å². The van der Waals surface area contributed by atoms with Crippen LogP contribution >= 0.6 is 0 Å². The van der Waals surface area contributed by atoms with Crippen molar-refractivity contribution < 1.29 is 4.74 Å². The maximum Gasteiger partial charge on any atom is 0.279 e. The zero-order valence-corrected chi connectivity index (χ0v) is 15.8. The first-order valence-electron chi connectivity index (χ1n) is 9.22. The molecule has 8 heteroatoms. The lowest BCUT2D eigenvalue weighted by molar-refractivity contribution is -0.00305. The van der Waals surface area contributed by atoms with Gasteiger partial charge in [0, 0.05) is 25.4 Å². The second-order valence-electron chi connectivity index (χ2n) is 6.64. The van der Waals surface area contributed by atoms with Crippen molar-refractivity contribution in [3.63, 3.8) is 0 Å². The van der Waals surface area contributed by atoms with Gasteiger partial charge in [0.1, 0.15) is 12.1 Å². The zero-order valence-electron chi connectivity index (χ0n) is 15.8. The Balaban J connectivity index is 0.00000102. The molecule has 1 aliphatic heterocycles. The normalized spacial score (nSPS) is 21.9. The number of nitrogens with one attached hydrogen (secondary N) is 1. The Hall–Kier alpha value is -2.74. The highest BCUT2D eigenvalue weighted by molar-refractivity contribution is 5.69. The highest BCUT2D eigenvalue weighted by atomic mass is 16.5. The molecule has 0 saturated carbocycles. The molecule has 3 aromatic rings. The fourth-order valence-corrected chi connectivity index (χ4v) is 3.49. The first kappa shape index (κ1) is 19.0. The Labute approximate surface area is 157 Å². The quantitative estimate of drug-likeness (QED) is 0.697. The van der Waals surface area contributed by atoms with Crippen LogP contribution in [0.15, 0.2) is 43.0 Å². The van der Waals surface area contributed by atoms with Crippen molar-refractivity contribution in [3.8, 4) is 0 Å². The van der Waals surface area contributed by atoms with Crippen LogP contribution in [0.5, 0.6) is 0 Å². The van der Waals surface area contributed by atoms with Gasteiger partial charge in [0.15, 0.2) is 11.2 Å². The summed E-state index contributed by atoms with van der Waals surface area (Å²) in [6.07, 6.45) is 9.67. The largest absolute Gasteiger partial charge is 0.354 e. The molecule has 8 nitrogen and oxygen atoms in total. The Morgan fingerprint density at radius 3 is 2.85 bits per heavy atom. The number of aromatic nitrogens is 6. The molecule has 4 heterocycles. The molecule has 0 bridgehead atoms. The molecule has 4 rings (SSSR count). The van der Waals surface area contributed by atoms with E-state index in [9.17, 15) is 4.79 Å². The van der Waals surface area contributed by atoms with Crippen molar-refractivity contribution >= 4 is 11.2 Å². The summed E-state index contributed by atoms with van der Waals surface area (Å²) < 4.78 is 9.99. The molecule has 3 unspecified atom stereocenters. The summed E-state index contributed by atoms with van der Waals surface area (Å²) in [5.41, 5.74) is 0.753. The van der Waals surface area contributed by atoms with Gasteiger partial charge in [-0.05, 0) is 18.8 Å². The van der Waals surface area contributed by atoms with Gasteiger partial charge in [-0.1, -0.05) is 13.8 Å². The number of H-pyrrole nitrogens is 1. The molecule has 144 valence electrons. The van der Waals surface area contributed by atoms with Gasteiger partial charge in [0.05, 0.1) is 18.8 Å². The Morgan fingerprint density at radius 1 is 1.37 bits per heavy atom. The number of nitrogens with zero attached hydrogens (tertiary/aromatic N) is 5. The second kappa shape index (κ2) is 8.30. The van der Waals surface area contributed by atoms with E-state index in [0.29, 0.717) is 35.9 Å². The van der Waals surface area contributed by atoms with E-state index in [-0.39, 0.29) is 17.9 Å². The minimum Gasteiger partial charge on any atom is -0.354 e. The summed E-state index contributed by atoms with van der Waals surface area (Å²) in [6.45, 7) is 11.0. The molecule has 1 saturated heterocycles. The number of ether oxygens (including phenoxy) is 1. The smallest absolute Gasteiger partial charge is 0.279 e. The standard InChI is InChI=1S/C17H22N6O2.C2H4/c1-3-12-11(2)8-14(25-12)23-10-19-15-16(23)20-13(21-17(15)24)4-6-22-7-5-18-9-22;1-2/h5,7,9-12,14H,3-4,6,8H2,1-2H3,(H,20,21,24);1-2H2. The number of imidazole rings is 2. The van der Waals surface area contributed by atoms with Crippen LogP contribution in [0.4, 0.5) is 0 Å². The number of aryl methyl sites for hydroxylation is 2. The maximum absolute atomic E-state index is 12.3. The van der Waals surface area contributed by atoms with Crippen molar-refractivity contribution in [3.05, 3.63) is 54.4 Å².